The molecular weight excluding hydrogens is 406 g/mol. The van der Waals surface area contributed by atoms with Crippen molar-refractivity contribution in [3.8, 4) is 0 Å². The number of hydrogen-bond acceptors (Lipinski definition) is 5. The largest absolute Gasteiger partial charge is 0.324 e. The molecule has 3 N–H and O–H groups in total. The number of primary sulfonamides is 1. The Hall–Kier alpha value is -2.52. The molecule has 9 heteroatoms. The van der Waals surface area contributed by atoms with Crippen molar-refractivity contribution in [2.45, 2.75) is 37.6 Å². The number of likely N-dealkylation sites (tertiary alicyclic amines) is 1. The second-order valence-corrected chi connectivity index (χ2v) is 10.3. The minimum absolute atomic E-state index is 0.0695. The Morgan fingerprint density at radius 3 is 2.10 bits per heavy atom. The van der Waals surface area contributed by atoms with E-state index in [9.17, 15) is 22.8 Å². The Balaban J connectivity index is 1.56. The molecule has 0 aromatic heterocycles. The van der Waals surface area contributed by atoms with E-state index in [1.54, 1.807) is 0 Å². The number of nitrogens with zero attached hydrogens (tertiary/aromatic N) is 1. The molecule has 1 aliphatic heterocycles. The first-order valence-electron chi connectivity index (χ1n) is 10.1. The topological polar surface area (TPSA) is 127 Å². The molecule has 1 saturated carbocycles. The summed E-state index contributed by atoms with van der Waals surface area (Å²) in [5.74, 6) is -1.45. The highest BCUT2D eigenvalue weighted by molar-refractivity contribution is 7.89. The van der Waals surface area contributed by atoms with E-state index in [-0.39, 0.29) is 46.3 Å². The zero-order valence-electron chi connectivity index (χ0n) is 16.8. The standard InChI is InChI=1S/C21H25N3O5S/c1-11(2)9-16(19(25)23-14-5-7-15(8-6-14)30(22,28)29)24-20(26)17-12-3-4-13(10-12)18(17)21(24)27/h3-8,11-13,16-18H,9-10H2,1-2H3,(H,23,25)(H2,22,28,29)/t12-,13+,16-,17-,18-/m0/s1. The number of carbonyl (C=O) groups excluding carboxylic acids is 3. The van der Waals surface area contributed by atoms with Crippen molar-refractivity contribution >= 4 is 33.4 Å². The summed E-state index contributed by atoms with van der Waals surface area (Å²) in [5.41, 5.74) is 0.363. The molecule has 1 aromatic carbocycles. The number of amides is 3. The molecule has 0 radical (unpaired) electrons. The summed E-state index contributed by atoms with van der Waals surface area (Å²) in [5, 5.41) is 7.81. The monoisotopic (exact) mass is 431 g/mol. The number of fused-ring (bicyclic) bond motifs is 5. The predicted octanol–water partition coefficient (Wildman–Crippen LogP) is 1.49. The maximum Gasteiger partial charge on any atom is 0.247 e. The van der Waals surface area contributed by atoms with Crippen LogP contribution in [0.15, 0.2) is 41.3 Å². The van der Waals surface area contributed by atoms with Gasteiger partial charge < -0.3 is 5.32 Å². The zero-order chi connectivity index (χ0) is 21.8. The number of rotatable bonds is 6. The third kappa shape index (κ3) is 3.45. The van der Waals surface area contributed by atoms with E-state index in [1.165, 1.54) is 29.2 Å². The van der Waals surface area contributed by atoms with Gasteiger partial charge in [-0.3, -0.25) is 19.3 Å². The van der Waals surface area contributed by atoms with E-state index < -0.39 is 22.0 Å². The van der Waals surface area contributed by atoms with Gasteiger partial charge in [0, 0.05) is 5.69 Å². The molecule has 30 heavy (non-hydrogen) atoms. The molecule has 8 nitrogen and oxygen atoms in total. The van der Waals surface area contributed by atoms with Gasteiger partial charge in [0.05, 0.1) is 16.7 Å². The lowest BCUT2D eigenvalue weighted by molar-refractivity contribution is -0.147. The number of nitrogens with two attached hydrogens (primary N) is 1. The molecule has 3 aliphatic rings. The quantitative estimate of drug-likeness (QED) is 0.521. The van der Waals surface area contributed by atoms with Crippen molar-refractivity contribution in [2.75, 3.05) is 5.32 Å². The number of nitrogens with one attached hydrogen (secondary N) is 1. The predicted molar refractivity (Wildman–Crippen MR) is 109 cm³/mol. The van der Waals surface area contributed by atoms with Gasteiger partial charge in [-0.15, -0.1) is 0 Å². The maximum absolute atomic E-state index is 13.1. The van der Waals surface area contributed by atoms with Crippen molar-refractivity contribution < 1.29 is 22.8 Å². The number of hydrogen-bond donors (Lipinski definition) is 2. The van der Waals surface area contributed by atoms with Crippen LogP contribution in [-0.4, -0.2) is 37.1 Å². The lowest BCUT2D eigenvalue weighted by atomic mass is 9.85. The average molecular weight is 432 g/mol. The Labute approximate surface area is 175 Å². The molecule has 0 spiro atoms. The smallest absolute Gasteiger partial charge is 0.247 e. The van der Waals surface area contributed by atoms with Gasteiger partial charge >= 0.3 is 0 Å². The van der Waals surface area contributed by atoms with E-state index in [0.29, 0.717) is 12.1 Å². The molecule has 1 aromatic rings. The summed E-state index contributed by atoms with van der Waals surface area (Å²) >= 11 is 0. The third-order valence-corrected chi connectivity index (χ3v) is 7.19. The lowest BCUT2D eigenvalue weighted by Gasteiger charge is -2.28. The Bertz CT molecular complexity index is 1000. The number of benzene rings is 1. The molecule has 2 fully saturated rings. The molecule has 0 unspecified atom stereocenters. The first-order valence-corrected chi connectivity index (χ1v) is 11.6. The fraction of sp³-hybridized carbons (Fsp3) is 0.476. The van der Waals surface area contributed by atoms with Crippen molar-refractivity contribution in [1.29, 1.82) is 0 Å². The summed E-state index contributed by atoms with van der Waals surface area (Å²) < 4.78 is 22.8. The summed E-state index contributed by atoms with van der Waals surface area (Å²) in [4.78, 5) is 40.5. The van der Waals surface area contributed by atoms with Gasteiger partial charge in [0.15, 0.2) is 0 Å². The molecular formula is C21H25N3O5S. The van der Waals surface area contributed by atoms with Crippen LogP contribution >= 0.6 is 0 Å². The van der Waals surface area contributed by atoms with Gasteiger partial charge in [0.2, 0.25) is 27.7 Å². The van der Waals surface area contributed by atoms with Crippen LogP contribution in [-0.2, 0) is 24.4 Å². The first kappa shape index (κ1) is 20.7. The van der Waals surface area contributed by atoms with Crippen molar-refractivity contribution in [3.05, 3.63) is 36.4 Å². The van der Waals surface area contributed by atoms with Crippen molar-refractivity contribution in [2.24, 2.45) is 34.7 Å². The second-order valence-electron chi connectivity index (χ2n) is 8.75. The normalized spacial score (nSPS) is 28.3. The van der Waals surface area contributed by atoms with Gasteiger partial charge in [-0.2, -0.15) is 0 Å². The number of anilines is 1. The van der Waals surface area contributed by atoms with Gasteiger partial charge in [-0.25, -0.2) is 13.6 Å². The minimum Gasteiger partial charge on any atom is -0.324 e. The number of imide groups is 1. The summed E-state index contributed by atoms with van der Waals surface area (Å²) in [7, 11) is -3.84. The van der Waals surface area contributed by atoms with E-state index in [2.05, 4.69) is 5.32 Å². The SMILES string of the molecule is CC(C)C[C@@H](C(=O)Nc1ccc(S(N)(=O)=O)cc1)N1C(=O)[C@@H]2[C@@H](C1=O)[C@H]1C=C[C@@H]2C1. The van der Waals surface area contributed by atoms with Gasteiger partial charge in [0.25, 0.3) is 0 Å². The van der Waals surface area contributed by atoms with Gasteiger partial charge in [-0.05, 0) is 54.9 Å². The van der Waals surface area contributed by atoms with Crippen LogP contribution in [0.3, 0.4) is 0 Å². The fourth-order valence-corrected chi connectivity index (χ4v) is 5.48. The van der Waals surface area contributed by atoms with Crippen LogP contribution in [0.4, 0.5) is 5.69 Å². The average Bonchev–Trinajstić information content (AvgIpc) is 3.33. The van der Waals surface area contributed by atoms with Crippen LogP contribution in [0.25, 0.3) is 0 Å². The van der Waals surface area contributed by atoms with Crippen molar-refractivity contribution in [1.82, 2.24) is 4.90 Å². The second kappa shape index (κ2) is 7.31. The number of carbonyl (C=O) groups is 3. The summed E-state index contributed by atoms with van der Waals surface area (Å²) in [6.07, 6.45) is 5.22. The molecule has 4 rings (SSSR count). The molecule has 2 aliphatic carbocycles. The maximum atomic E-state index is 13.1. The minimum atomic E-state index is -3.84. The molecule has 1 saturated heterocycles. The highest BCUT2D eigenvalue weighted by Crippen LogP contribution is 2.53. The number of sulfonamides is 1. The molecule has 2 bridgehead atoms. The third-order valence-electron chi connectivity index (χ3n) is 6.26. The van der Waals surface area contributed by atoms with Crippen LogP contribution in [0.1, 0.15) is 26.7 Å². The van der Waals surface area contributed by atoms with Gasteiger partial charge in [0.1, 0.15) is 6.04 Å². The highest BCUT2D eigenvalue weighted by atomic mass is 32.2. The number of allylic oxidation sites excluding steroid dienone is 2. The zero-order valence-corrected chi connectivity index (χ0v) is 17.6. The first-order chi connectivity index (χ1) is 14.1. The van der Waals surface area contributed by atoms with E-state index in [4.69, 9.17) is 5.14 Å². The Morgan fingerprint density at radius 2 is 1.63 bits per heavy atom. The van der Waals surface area contributed by atoms with Crippen LogP contribution in [0, 0.1) is 29.6 Å². The fourth-order valence-electron chi connectivity index (χ4n) is 4.96. The van der Waals surface area contributed by atoms with E-state index in [0.717, 1.165) is 6.42 Å². The van der Waals surface area contributed by atoms with Crippen LogP contribution in [0.5, 0.6) is 0 Å². The van der Waals surface area contributed by atoms with Crippen LogP contribution in [0.2, 0.25) is 0 Å². The van der Waals surface area contributed by atoms with Gasteiger partial charge in [-0.1, -0.05) is 26.0 Å². The van der Waals surface area contributed by atoms with E-state index >= 15 is 0 Å². The van der Waals surface area contributed by atoms with Crippen molar-refractivity contribution in [3.63, 3.8) is 0 Å². The molecule has 160 valence electrons. The Morgan fingerprint density at radius 1 is 1.10 bits per heavy atom. The molecule has 1 heterocycles. The molecule has 5 atom stereocenters. The lowest BCUT2D eigenvalue weighted by Crippen LogP contribution is -2.49. The Kier molecular flexibility index (Phi) is 5.06. The summed E-state index contributed by atoms with van der Waals surface area (Å²) in [6, 6.07) is 4.53. The van der Waals surface area contributed by atoms with E-state index in [1.807, 2.05) is 26.0 Å². The molecule has 3 amide bonds. The van der Waals surface area contributed by atoms with Crippen LogP contribution < -0.4 is 10.5 Å². The summed E-state index contributed by atoms with van der Waals surface area (Å²) in [6.45, 7) is 3.86. The highest BCUT2D eigenvalue weighted by Gasteiger charge is 2.61.